The Balaban J connectivity index is 1.44. The number of benzene rings is 3. The van der Waals surface area contributed by atoms with Crippen LogP contribution in [0.3, 0.4) is 0 Å². The first-order valence-electron chi connectivity index (χ1n) is 10.4. The third-order valence-corrected chi connectivity index (χ3v) is 5.20. The maximum Gasteiger partial charge on any atom is 0.119 e. The fraction of sp³-hybridized carbons (Fsp3) is 0.231. The van der Waals surface area contributed by atoms with Crippen LogP contribution < -0.4 is 9.47 Å². The van der Waals surface area contributed by atoms with Gasteiger partial charge in [-0.3, -0.25) is 4.90 Å². The molecule has 160 valence electrons. The minimum Gasteiger partial charge on any atom is -0.497 e. The zero-order valence-corrected chi connectivity index (χ0v) is 17.6. The lowest BCUT2D eigenvalue weighted by atomic mass is 10.0. The van der Waals surface area contributed by atoms with Crippen molar-refractivity contribution in [1.82, 2.24) is 4.90 Å². The molecule has 4 rings (SSSR count). The van der Waals surface area contributed by atoms with Crippen molar-refractivity contribution in [2.45, 2.75) is 19.2 Å². The largest absolute Gasteiger partial charge is 0.497 e. The molecule has 0 aliphatic rings. The van der Waals surface area contributed by atoms with E-state index in [4.69, 9.17) is 13.9 Å². The van der Waals surface area contributed by atoms with Gasteiger partial charge < -0.3 is 19.0 Å². The van der Waals surface area contributed by atoms with Gasteiger partial charge in [0.15, 0.2) is 0 Å². The number of aliphatic hydroxyl groups excluding tert-OH is 1. The molecule has 4 aromatic rings. The van der Waals surface area contributed by atoms with Gasteiger partial charge in [-0.25, -0.2) is 0 Å². The first kappa shape index (κ1) is 21.0. The predicted octanol–water partition coefficient (Wildman–Crippen LogP) is 4.88. The molecular weight excluding hydrogens is 390 g/mol. The van der Waals surface area contributed by atoms with E-state index in [-0.39, 0.29) is 6.61 Å². The van der Waals surface area contributed by atoms with Gasteiger partial charge in [-0.15, -0.1) is 0 Å². The molecule has 3 aromatic carbocycles. The molecule has 31 heavy (non-hydrogen) atoms. The van der Waals surface area contributed by atoms with Crippen molar-refractivity contribution in [3.63, 3.8) is 0 Å². The van der Waals surface area contributed by atoms with Gasteiger partial charge in [-0.05, 0) is 52.7 Å². The Bertz CT molecular complexity index is 1070. The van der Waals surface area contributed by atoms with Gasteiger partial charge in [0.1, 0.15) is 30.0 Å². The minimum absolute atomic E-state index is 0.205. The van der Waals surface area contributed by atoms with E-state index < -0.39 is 6.10 Å². The number of ether oxygens (including phenoxy) is 2. The van der Waals surface area contributed by atoms with E-state index in [1.165, 1.54) is 16.3 Å². The monoisotopic (exact) mass is 417 g/mol. The third-order valence-electron chi connectivity index (χ3n) is 5.20. The van der Waals surface area contributed by atoms with Crippen molar-refractivity contribution < 1.29 is 19.0 Å². The molecule has 1 atom stereocenters. The molecule has 1 N–H and O–H groups in total. The highest BCUT2D eigenvalue weighted by Crippen LogP contribution is 2.22. The van der Waals surface area contributed by atoms with Crippen LogP contribution >= 0.6 is 0 Å². The summed E-state index contributed by atoms with van der Waals surface area (Å²) in [5, 5.41) is 13.1. The molecule has 0 saturated carbocycles. The lowest BCUT2D eigenvalue weighted by Gasteiger charge is -2.25. The van der Waals surface area contributed by atoms with Crippen LogP contribution in [0, 0.1) is 0 Å². The molecule has 0 spiro atoms. The molecule has 0 saturated heterocycles. The fourth-order valence-corrected chi connectivity index (χ4v) is 3.69. The lowest BCUT2D eigenvalue weighted by Crippen LogP contribution is -2.35. The van der Waals surface area contributed by atoms with Gasteiger partial charge >= 0.3 is 0 Å². The Labute approximate surface area is 182 Å². The summed E-state index contributed by atoms with van der Waals surface area (Å²) < 4.78 is 16.5. The van der Waals surface area contributed by atoms with Crippen LogP contribution in [-0.4, -0.2) is 36.4 Å². The maximum atomic E-state index is 10.7. The smallest absolute Gasteiger partial charge is 0.119 e. The molecule has 1 heterocycles. The molecule has 0 radical (unpaired) electrons. The highest BCUT2D eigenvalue weighted by Gasteiger charge is 2.16. The normalized spacial score (nSPS) is 12.2. The zero-order valence-electron chi connectivity index (χ0n) is 17.6. The summed E-state index contributed by atoms with van der Waals surface area (Å²) in [6.07, 6.45) is 1.03. The first-order chi connectivity index (χ1) is 15.2. The summed E-state index contributed by atoms with van der Waals surface area (Å²) in [5.74, 6) is 2.34. The van der Waals surface area contributed by atoms with Crippen molar-refractivity contribution in [1.29, 1.82) is 0 Å². The van der Waals surface area contributed by atoms with Crippen LogP contribution in [-0.2, 0) is 13.1 Å². The van der Waals surface area contributed by atoms with E-state index in [0.717, 1.165) is 11.5 Å². The van der Waals surface area contributed by atoms with Crippen LogP contribution in [0.15, 0.2) is 89.5 Å². The molecule has 1 unspecified atom stereocenters. The van der Waals surface area contributed by atoms with Gasteiger partial charge in [-0.2, -0.15) is 0 Å². The average Bonchev–Trinajstić information content (AvgIpc) is 3.31. The number of nitrogens with zero attached hydrogens (tertiary/aromatic N) is 1. The highest BCUT2D eigenvalue weighted by atomic mass is 16.5. The minimum atomic E-state index is -0.646. The van der Waals surface area contributed by atoms with Crippen molar-refractivity contribution in [3.05, 3.63) is 96.4 Å². The Morgan fingerprint density at radius 2 is 1.65 bits per heavy atom. The summed E-state index contributed by atoms with van der Waals surface area (Å²) in [6.45, 7) is 1.97. The van der Waals surface area contributed by atoms with E-state index >= 15 is 0 Å². The highest BCUT2D eigenvalue weighted by molar-refractivity contribution is 5.85. The Morgan fingerprint density at radius 1 is 0.871 bits per heavy atom. The van der Waals surface area contributed by atoms with Crippen LogP contribution in [0.4, 0.5) is 0 Å². The second kappa shape index (κ2) is 10.2. The predicted molar refractivity (Wildman–Crippen MR) is 121 cm³/mol. The van der Waals surface area contributed by atoms with E-state index in [2.05, 4.69) is 41.3 Å². The molecular formula is C26H27NO4. The quantitative estimate of drug-likeness (QED) is 0.398. The number of furan rings is 1. The molecule has 5 heteroatoms. The topological polar surface area (TPSA) is 55.1 Å². The van der Waals surface area contributed by atoms with Crippen molar-refractivity contribution in [2.24, 2.45) is 0 Å². The first-order valence-corrected chi connectivity index (χ1v) is 10.4. The summed E-state index contributed by atoms with van der Waals surface area (Å²) in [7, 11) is 1.63. The summed E-state index contributed by atoms with van der Waals surface area (Å²) in [5.41, 5.74) is 1.22. The zero-order chi connectivity index (χ0) is 21.5. The molecule has 1 aromatic heterocycles. The number of aliphatic hydroxyl groups is 1. The van der Waals surface area contributed by atoms with Gasteiger partial charge in [0, 0.05) is 13.1 Å². The van der Waals surface area contributed by atoms with Gasteiger partial charge in [0.2, 0.25) is 0 Å². The lowest BCUT2D eigenvalue weighted by molar-refractivity contribution is 0.0606. The standard InChI is InChI=1S/C26H27NO4/c1-29-23-11-13-24(14-12-23)31-19-22(28)17-27(18-25-9-5-15-30-25)16-21-8-4-7-20-6-2-3-10-26(20)21/h2-15,22,28H,16-19H2,1H3. The van der Waals surface area contributed by atoms with Crippen molar-refractivity contribution >= 4 is 10.8 Å². The second-order valence-electron chi connectivity index (χ2n) is 7.53. The van der Waals surface area contributed by atoms with E-state index in [1.54, 1.807) is 13.4 Å². The molecule has 0 bridgehead atoms. The summed E-state index contributed by atoms with van der Waals surface area (Å²) >= 11 is 0. The van der Waals surface area contributed by atoms with Crippen molar-refractivity contribution in [3.8, 4) is 11.5 Å². The average molecular weight is 418 g/mol. The molecule has 5 nitrogen and oxygen atoms in total. The Morgan fingerprint density at radius 3 is 2.42 bits per heavy atom. The molecule has 0 amide bonds. The third kappa shape index (κ3) is 5.66. The van der Waals surface area contributed by atoms with Crippen molar-refractivity contribution in [2.75, 3.05) is 20.3 Å². The summed E-state index contributed by atoms with van der Waals surface area (Å²) in [4.78, 5) is 2.18. The SMILES string of the molecule is COc1ccc(OCC(O)CN(Cc2ccco2)Cc2cccc3ccccc23)cc1. The van der Waals surface area contributed by atoms with Crippen LogP contribution in [0.25, 0.3) is 10.8 Å². The summed E-state index contributed by atoms with van der Waals surface area (Å²) in [6, 6.07) is 25.9. The van der Waals surface area contributed by atoms with E-state index in [9.17, 15) is 5.11 Å². The Hall–Kier alpha value is -3.28. The van der Waals surface area contributed by atoms with Gasteiger partial charge in [0.05, 0.1) is 19.9 Å². The molecule has 0 aliphatic heterocycles. The molecule has 0 aliphatic carbocycles. The van der Waals surface area contributed by atoms with E-state index in [1.807, 2.05) is 42.5 Å². The van der Waals surface area contributed by atoms with E-state index in [0.29, 0.717) is 25.4 Å². The number of hydrogen-bond acceptors (Lipinski definition) is 5. The number of fused-ring (bicyclic) bond motifs is 1. The van der Waals surface area contributed by atoms with Gasteiger partial charge in [0.25, 0.3) is 0 Å². The van der Waals surface area contributed by atoms with Crippen LogP contribution in [0.5, 0.6) is 11.5 Å². The Kier molecular flexibility index (Phi) is 6.87. The van der Waals surface area contributed by atoms with Crippen LogP contribution in [0.2, 0.25) is 0 Å². The molecule has 0 fully saturated rings. The second-order valence-corrected chi connectivity index (χ2v) is 7.53. The number of hydrogen-bond donors (Lipinski definition) is 1. The fourth-order valence-electron chi connectivity index (χ4n) is 3.69. The van der Waals surface area contributed by atoms with Gasteiger partial charge in [-0.1, -0.05) is 42.5 Å². The van der Waals surface area contributed by atoms with Crippen LogP contribution in [0.1, 0.15) is 11.3 Å². The maximum absolute atomic E-state index is 10.7. The number of rotatable bonds is 10. The number of methoxy groups -OCH3 is 1.